The van der Waals surface area contributed by atoms with Crippen molar-refractivity contribution in [2.24, 2.45) is 11.5 Å². The van der Waals surface area contributed by atoms with E-state index in [1.807, 2.05) is 0 Å². The zero-order valence-electron chi connectivity index (χ0n) is 11.9. The second-order valence-electron chi connectivity index (χ2n) is 5.35. The van der Waals surface area contributed by atoms with Crippen LogP contribution in [0.3, 0.4) is 0 Å². The van der Waals surface area contributed by atoms with Crippen LogP contribution in [0.15, 0.2) is 28.8 Å². The summed E-state index contributed by atoms with van der Waals surface area (Å²) >= 11 is 0. The molecule has 1 aromatic heterocycles. The Morgan fingerprint density at radius 1 is 1.23 bits per heavy atom. The van der Waals surface area contributed by atoms with Crippen LogP contribution >= 0.6 is 12.4 Å². The summed E-state index contributed by atoms with van der Waals surface area (Å²) in [6, 6.07) is 6.39. The van der Waals surface area contributed by atoms with Crippen LogP contribution in [-0.2, 0) is 5.54 Å². The zero-order valence-corrected chi connectivity index (χ0v) is 12.7. The fourth-order valence-electron chi connectivity index (χ4n) is 2.61. The van der Waals surface area contributed by atoms with E-state index in [1.54, 1.807) is 24.3 Å². The van der Waals surface area contributed by atoms with Crippen molar-refractivity contribution < 1.29 is 9.32 Å². The van der Waals surface area contributed by atoms with Crippen LogP contribution in [0.25, 0.3) is 11.5 Å². The minimum absolute atomic E-state index is 0. The molecule has 8 heteroatoms. The Kier molecular flexibility index (Phi) is 4.68. The average Bonchev–Trinajstić information content (AvgIpc) is 3.09. The van der Waals surface area contributed by atoms with E-state index in [9.17, 15) is 4.79 Å². The van der Waals surface area contributed by atoms with Gasteiger partial charge in [0, 0.05) is 11.3 Å². The normalized spacial score (nSPS) is 16.0. The number of primary amides is 1. The summed E-state index contributed by atoms with van der Waals surface area (Å²) in [5.74, 6) is 0.988. The van der Waals surface area contributed by atoms with Crippen molar-refractivity contribution in [2.75, 3.05) is 5.32 Å². The van der Waals surface area contributed by atoms with Crippen LogP contribution in [-0.4, -0.2) is 16.2 Å². The molecule has 1 aromatic carbocycles. The van der Waals surface area contributed by atoms with Gasteiger partial charge in [-0.25, -0.2) is 4.79 Å². The second-order valence-corrected chi connectivity index (χ2v) is 5.35. The number of carbonyl (C=O) groups is 1. The van der Waals surface area contributed by atoms with E-state index in [0.29, 0.717) is 17.4 Å². The SMILES string of the molecule is Cl.NC(=O)Nc1ccc(-c2nc(C3(N)CCCC3)no2)cc1. The number of urea groups is 1. The van der Waals surface area contributed by atoms with Gasteiger partial charge in [-0.15, -0.1) is 12.4 Å². The third-order valence-electron chi connectivity index (χ3n) is 3.77. The molecule has 7 nitrogen and oxygen atoms in total. The third-order valence-corrected chi connectivity index (χ3v) is 3.77. The molecule has 0 saturated heterocycles. The number of benzene rings is 1. The van der Waals surface area contributed by atoms with Gasteiger partial charge < -0.3 is 21.3 Å². The van der Waals surface area contributed by atoms with E-state index in [0.717, 1.165) is 31.2 Å². The van der Waals surface area contributed by atoms with Crippen LogP contribution in [0, 0.1) is 0 Å². The van der Waals surface area contributed by atoms with Crippen molar-refractivity contribution in [3.63, 3.8) is 0 Å². The van der Waals surface area contributed by atoms with Crippen LogP contribution < -0.4 is 16.8 Å². The van der Waals surface area contributed by atoms with E-state index < -0.39 is 11.6 Å². The number of halogens is 1. The van der Waals surface area contributed by atoms with Gasteiger partial charge in [0.2, 0.25) is 0 Å². The molecular weight excluding hydrogens is 306 g/mol. The van der Waals surface area contributed by atoms with E-state index in [2.05, 4.69) is 15.5 Å². The van der Waals surface area contributed by atoms with E-state index in [1.165, 1.54) is 0 Å². The van der Waals surface area contributed by atoms with Gasteiger partial charge in [-0.2, -0.15) is 4.98 Å². The number of rotatable bonds is 3. The quantitative estimate of drug-likeness (QED) is 0.800. The predicted molar refractivity (Wildman–Crippen MR) is 84.5 cm³/mol. The summed E-state index contributed by atoms with van der Waals surface area (Å²) in [6.07, 6.45) is 3.95. The molecule has 0 unspecified atom stereocenters. The number of anilines is 1. The number of aromatic nitrogens is 2. The highest BCUT2D eigenvalue weighted by molar-refractivity contribution is 5.88. The standard InChI is InChI=1S/C14H17N5O2.ClH/c15-13(20)17-10-5-3-9(4-6-10)11-18-12(19-21-11)14(16)7-1-2-8-14;/h3-6H,1-2,7-8,16H2,(H3,15,17,20);1H. The first kappa shape index (κ1) is 16.3. The van der Waals surface area contributed by atoms with Gasteiger partial charge >= 0.3 is 6.03 Å². The molecule has 1 heterocycles. The molecule has 5 N–H and O–H groups in total. The maximum atomic E-state index is 10.8. The first-order valence-electron chi connectivity index (χ1n) is 6.87. The molecule has 2 amide bonds. The fourth-order valence-corrected chi connectivity index (χ4v) is 2.61. The third kappa shape index (κ3) is 3.20. The van der Waals surface area contributed by atoms with Crippen LogP contribution in [0.5, 0.6) is 0 Å². The minimum atomic E-state index is -0.603. The lowest BCUT2D eigenvalue weighted by molar-refractivity contribution is 0.259. The number of nitrogens with one attached hydrogen (secondary N) is 1. The van der Waals surface area contributed by atoms with E-state index in [-0.39, 0.29) is 12.4 Å². The smallest absolute Gasteiger partial charge is 0.316 e. The van der Waals surface area contributed by atoms with E-state index in [4.69, 9.17) is 16.0 Å². The van der Waals surface area contributed by atoms with Gasteiger partial charge in [0.05, 0.1) is 5.54 Å². The molecule has 0 bridgehead atoms. The van der Waals surface area contributed by atoms with Gasteiger partial charge in [0.15, 0.2) is 5.82 Å². The molecule has 118 valence electrons. The van der Waals surface area contributed by atoms with Crippen LogP contribution in [0.2, 0.25) is 0 Å². The molecular formula is C14H18ClN5O2. The number of carbonyl (C=O) groups excluding carboxylic acids is 1. The number of hydrogen-bond acceptors (Lipinski definition) is 5. The van der Waals surface area contributed by atoms with Gasteiger partial charge in [-0.3, -0.25) is 0 Å². The molecule has 1 aliphatic rings. The minimum Gasteiger partial charge on any atom is -0.351 e. The first-order chi connectivity index (χ1) is 10.1. The summed E-state index contributed by atoms with van der Waals surface area (Å²) < 4.78 is 5.30. The van der Waals surface area contributed by atoms with Gasteiger partial charge in [0.1, 0.15) is 0 Å². The van der Waals surface area contributed by atoms with Crippen molar-refractivity contribution in [1.82, 2.24) is 10.1 Å². The molecule has 0 spiro atoms. The zero-order chi connectivity index (χ0) is 14.9. The molecule has 1 aliphatic carbocycles. The van der Waals surface area contributed by atoms with Crippen molar-refractivity contribution in [1.29, 1.82) is 0 Å². The molecule has 1 saturated carbocycles. The van der Waals surface area contributed by atoms with E-state index >= 15 is 0 Å². The van der Waals surface area contributed by atoms with Gasteiger partial charge in [0.25, 0.3) is 5.89 Å². The van der Waals surface area contributed by atoms with Crippen molar-refractivity contribution in [3.8, 4) is 11.5 Å². The number of hydrogen-bond donors (Lipinski definition) is 3. The Morgan fingerprint density at radius 3 is 2.45 bits per heavy atom. The average molecular weight is 324 g/mol. The first-order valence-corrected chi connectivity index (χ1v) is 6.87. The molecule has 3 rings (SSSR count). The number of nitrogens with zero attached hydrogens (tertiary/aromatic N) is 2. The van der Waals surface area contributed by atoms with Crippen molar-refractivity contribution in [3.05, 3.63) is 30.1 Å². The summed E-state index contributed by atoms with van der Waals surface area (Å²) in [6.45, 7) is 0. The molecule has 0 radical (unpaired) electrons. The topological polar surface area (TPSA) is 120 Å². The number of amides is 2. The van der Waals surface area contributed by atoms with Crippen LogP contribution in [0.4, 0.5) is 10.5 Å². The van der Waals surface area contributed by atoms with Gasteiger partial charge in [-0.05, 0) is 37.1 Å². The van der Waals surface area contributed by atoms with Crippen molar-refractivity contribution in [2.45, 2.75) is 31.2 Å². The largest absolute Gasteiger partial charge is 0.351 e. The molecule has 1 fully saturated rings. The monoisotopic (exact) mass is 323 g/mol. The summed E-state index contributed by atoms with van der Waals surface area (Å²) in [5.41, 5.74) is 12.3. The maximum absolute atomic E-state index is 10.8. The second kappa shape index (κ2) is 6.33. The lowest BCUT2D eigenvalue weighted by atomic mass is 9.99. The molecule has 0 atom stereocenters. The highest BCUT2D eigenvalue weighted by atomic mass is 35.5. The lowest BCUT2D eigenvalue weighted by Crippen LogP contribution is -2.34. The Labute approximate surface area is 133 Å². The number of nitrogens with two attached hydrogens (primary N) is 2. The predicted octanol–water partition coefficient (Wildman–Crippen LogP) is 2.38. The molecule has 2 aromatic rings. The van der Waals surface area contributed by atoms with Gasteiger partial charge in [-0.1, -0.05) is 18.0 Å². The van der Waals surface area contributed by atoms with Crippen molar-refractivity contribution >= 4 is 24.1 Å². The Bertz CT molecular complexity index is 650. The lowest BCUT2D eigenvalue weighted by Gasteiger charge is -2.17. The van der Waals surface area contributed by atoms with Crippen LogP contribution in [0.1, 0.15) is 31.5 Å². The molecule has 22 heavy (non-hydrogen) atoms. The molecule has 0 aliphatic heterocycles. The maximum Gasteiger partial charge on any atom is 0.316 e. The summed E-state index contributed by atoms with van der Waals surface area (Å²) in [4.78, 5) is 15.2. The highest BCUT2D eigenvalue weighted by Gasteiger charge is 2.36. The fraction of sp³-hybridized carbons (Fsp3) is 0.357. The summed E-state index contributed by atoms with van der Waals surface area (Å²) in [7, 11) is 0. The highest BCUT2D eigenvalue weighted by Crippen LogP contribution is 2.35. The Balaban J connectivity index is 0.00000176. The summed E-state index contributed by atoms with van der Waals surface area (Å²) in [5, 5.41) is 6.51. The Hall–Kier alpha value is -2.12. The Morgan fingerprint density at radius 2 is 1.86 bits per heavy atom.